The van der Waals surface area contributed by atoms with Gasteiger partial charge in [-0.15, -0.1) is 0 Å². The maximum absolute atomic E-state index is 5.85. The maximum atomic E-state index is 5.85. The first-order valence-corrected chi connectivity index (χ1v) is 5.96. The van der Waals surface area contributed by atoms with Crippen molar-refractivity contribution in [3.05, 3.63) is 47.1 Å². The highest BCUT2D eigenvalue weighted by molar-refractivity contribution is 6.30. The predicted octanol–water partition coefficient (Wildman–Crippen LogP) is 3.31. The zero-order valence-corrected chi connectivity index (χ0v) is 11.0. The average molecular weight is 264 g/mol. The maximum Gasteiger partial charge on any atom is 0.226 e. The average Bonchev–Trinajstić information content (AvgIpc) is 2.39. The van der Waals surface area contributed by atoms with Gasteiger partial charge in [-0.1, -0.05) is 23.7 Å². The number of nitrogens with zero attached hydrogens (tertiary/aromatic N) is 2. The van der Waals surface area contributed by atoms with Crippen LogP contribution in [-0.4, -0.2) is 17.1 Å². The minimum atomic E-state index is 0.0920. The highest BCUT2D eigenvalue weighted by Crippen LogP contribution is 2.19. The fourth-order valence-corrected chi connectivity index (χ4v) is 1.68. The molecule has 1 unspecified atom stereocenters. The summed E-state index contributed by atoms with van der Waals surface area (Å²) in [6.45, 7) is 2.03. The zero-order valence-electron chi connectivity index (χ0n) is 10.2. The second-order valence-corrected chi connectivity index (χ2v) is 4.28. The van der Waals surface area contributed by atoms with Gasteiger partial charge >= 0.3 is 0 Å². The van der Waals surface area contributed by atoms with Crippen molar-refractivity contribution in [2.75, 3.05) is 12.4 Å². The van der Waals surface area contributed by atoms with Gasteiger partial charge in [0, 0.05) is 17.3 Å². The lowest BCUT2D eigenvalue weighted by Crippen LogP contribution is -2.09. The number of anilines is 1. The molecule has 0 fully saturated rings. The zero-order chi connectivity index (χ0) is 13.0. The fourth-order valence-electron chi connectivity index (χ4n) is 1.55. The predicted molar refractivity (Wildman–Crippen MR) is 72.1 cm³/mol. The van der Waals surface area contributed by atoms with E-state index in [0.29, 0.717) is 11.8 Å². The molecule has 0 aliphatic rings. The van der Waals surface area contributed by atoms with Gasteiger partial charge in [0.25, 0.3) is 0 Å². The molecule has 1 aromatic carbocycles. The first kappa shape index (κ1) is 12.6. The summed E-state index contributed by atoms with van der Waals surface area (Å²) in [5.41, 5.74) is 1.12. The van der Waals surface area contributed by atoms with E-state index < -0.39 is 0 Å². The Kier molecular flexibility index (Phi) is 3.99. The summed E-state index contributed by atoms with van der Waals surface area (Å²) in [6, 6.07) is 9.47. The molecular weight excluding hydrogens is 250 g/mol. The fraction of sp³-hybridized carbons (Fsp3) is 0.231. The molecule has 0 amide bonds. The minimum Gasteiger partial charge on any atom is -0.481 e. The number of hydrogen-bond acceptors (Lipinski definition) is 4. The molecule has 2 rings (SSSR count). The lowest BCUT2D eigenvalue weighted by molar-refractivity contribution is 0.397. The third kappa shape index (κ3) is 3.11. The smallest absolute Gasteiger partial charge is 0.226 e. The number of hydrogen-bond donors (Lipinski definition) is 1. The Balaban J connectivity index is 2.10. The summed E-state index contributed by atoms with van der Waals surface area (Å²) in [4.78, 5) is 8.35. The first-order valence-electron chi connectivity index (χ1n) is 5.58. The van der Waals surface area contributed by atoms with E-state index in [1.807, 2.05) is 31.2 Å². The molecule has 0 saturated carbocycles. The Hall–Kier alpha value is -1.81. The molecule has 0 spiro atoms. The second kappa shape index (κ2) is 5.69. The van der Waals surface area contributed by atoms with Gasteiger partial charge in [0.2, 0.25) is 11.8 Å². The second-order valence-electron chi connectivity index (χ2n) is 3.84. The molecule has 18 heavy (non-hydrogen) atoms. The van der Waals surface area contributed by atoms with Crippen molar-refractivity contribution in [1.29, 1.82) is 0 Å². The Morgan fingerprint density at radius 1 is 1.22 bits per heavy atom. The molecule has 1 aromatic heterocycles. The van der Waals surface area contributed by atoms with Gasteiger partial charge in [-0.3, -0.25) is 0 Å². The van der Waals surface area contributed by atoms with Crippen LogP contribution in [0.15, 0.2) is 36.5 Å². The van der Waals surface area contributed by atoms with Gasteiger partial charge in [0.15, 0.2) is 0 Å². The summed E-state index contributed by atoms with van der Waals surface area (Å²) in [5.74, 6) is 1.08. The standard InChI is InChI=1S/C13H14ClN3O/c1-9(10-3-5-11(14)6-4-10)16-13-15-8-7-12(17-13)18-2/h3-9H,1-2H3,(H,15,16,17). The molecule has 0 aliphatic heterocycles. The van der Waals surface area contributed by atoms with Gasteiger partial charge in [0.1, 0.15) is 0 Å². The SMILES string of the molecule is COc1ccnc(NC(C)c2ccc(Cl)cc2)n1. The quantitative estimate of drug-likeness (QED) is 0.919. The molecule has 4 nitrogen and oxygen atoms in total. The van der Waals surface area contributed by atoms with E-state index >= 15 is 0 Å². The summed E-state index contributed by atoms with van der Waals surface area (Å²) in [6.07, 6.45) is 1.66. The summed E-state index contributed by atoms with van der Waals surface area (Å²) >= 11 is 5.85. The van der Waals surface area contributed by atoms with Crippen LogP contribution in [0.25, 0.3) is 0 Å². The Labute approximate surface area is 111 Å². The molecule has 0 bridgehead atoms. The van der Waals surface area contributed by atoms with Crippen LogP contribution in [0, 0.1) is 0 Å². The number of methoxy groups -OCH3 is 1. The van der Waals surface area contributed by atoms with E-state index in [9.17, 15) is 0 Å². The lowest BCUT2D eigenvalue weighted by atomic mass is 10.1. The largest absolute Gasteiger partial charge is 0.481 e. The van der Waals surface area contributed by atoms with E-state index in [1.165, 1.54) is 0 Å². The molecule has 5 heteroatoms. The van der Waals surface area contributed by atoms with E-state index in [-0.39, 0.29) is 6.04 Å². The number of aromatic nitrogens is 2. The first-order chi connectivity index (χ1) is 8.69. The Morgan fingerprint density at radius 2 is 1.94 bits per heavy atom. The van der Waals surface area contributed by atoms with Crippen LogP contribution in [0.3, 0.4) is 0 Å². The monoisotopic (exact) mass is 263 g/mol. The molecule has 0 saturated heterocycles. The van der Waals surface area contributed by atoms with Crippen molar-refractivity contribution in [3.8, 4) is 5.88 Å². The molecule has 0 aliphatic carbocycles. The van der Waals surface area contributed by atoms with Gasteiger partial charge in [-0.25, -0.2) is 4.98 Å². The van der Waals surface area contributed by atoms with Crippen molar-refractivity contribution in [2.24, 2.45) is 0 Å². The molecule has 1 atom stereocenters. The van der Waals surface area contributed by atoms with Crippen LogP contribution in [-0.2, 0) is 0 Å². The topological polar surface area (TPSA) is 47.0 Å². The third-order valence-corrected chi connectivity index (χ3v) is 2.81. The molecule has 1 N–H and O–H groups in total. The lowest BCUT2D eigenvalue weighted by Gasteiger charge is -2.14. The van der Waals surface area contributed by atoms with Crippen molar-refractivity contribution in [2.45, 2.75) is 13.0 Å². The molecule has 2 aromatic rings. The van der Waals surface area contributed by atoms with Crippen LogP contribution in [0.2, 0.25) is 5.02 Å². The minimum absolute atomic E-state index is 0.0920. The molecule has 94 valence electrons. The number of ether oxygens (including phenoxy) is 1. The van der Waals surface area contributed by atoms with Gasteiger partial charge in [-0.05, 0) is 24.6 Å². The summed E-state index contributed by atoms with van der Waals surface area (Å²) < 4.78 is 5.05. The van der Waals surface area contributed by atoms with E-state index in [1.54, 1.807) is 19.4 Å². The van der Waals surface area contributed by atoms with E-state index in [2.05, 4.69) is 15.3 Å². The summed E-state index contributed by atoms with van der Waals surface area (Å²) in [7, 11) is 1.58. The number of nitrogens with one attached hydrogen (secondary N) is 1. The van der Waals surface area contributed by atoms with E-state index in [4.69, 9.17) is 16.3 Å². The van der Waals surface area contributed by atoms with Crippen LogP contribution < -0.4 is 10.1 Å². The van der Waals surface area contributed by atoms with Crippen LogP contribution in [0.4, 0.5) is 5.95 Å². The van der Waals surface area contributed by atoms with Crippen molar-refractivity contribution in [1.82, 2.24) is 9.97 Å². The van der Waals surface area contributed by atoms with Crippen molar-refractivity contribution < 1.29 is 4.74 Å². The van der Waals surface area contributed by atoms with E-state index in [0.717, 1.165) is 10.6 Å². The third-order valence-electron chi connectivity index (χ3n) is 2.55. The summed E-state index contributed by atoms with van der Waals surface area (Å²) in [5, 5.41) is 3.93. The van der Waals surface area contributed by atoms with Crippen molar-refractivity contribution >= 4 is 17.5 Å². The Morgan fingerprint density at radius 3 is 2.61 bits per heavy atom. The Bertz CT molecular complexity index is 516. The van der Waals surface area contributed by atoms with Gasteiger partial charge in [-0.2, -0.15) is 4.98 Å². The molecule has 0 radical (unpaired) electrons. The normalized spacial score (nSPS) is 11.9. The number of benzene rings is 1. The number of rotatable bonds is 4. The van der Waals surface area contributed by atoms with Crippen LogP contribution >= 0.6 is 11.6 Å². The van der Waals surface area contributed by atoms with Crippen molar-refractivity contribution in [3.63, 3.8) is 0 Å². The molecule has 1 heterocycles. The molecular formula is C13H14ClN3O. The highest BCUT2D eigenvalue weighted by Gasteiger charge is 2.07. The van der Waals surface area contributed by atoms with Crippen LogP contribution in [0.5, 0.6) is 5.88 Å². The highest BCUT2D eigenvalue weighted by atomic mass is 35.5. The van der Waals surface area contributed by atoms with Gasteiger partial charge in [0.05, 0.1) is 13.2 Å². The van der Waals surface area contributed by atoms with Gasteiger partial charge < -0.3 is 10.1 Å². The van der Waals surface area contributed by atoms with Crippen LogP contribution in [0.1, 0.15) is 18.5 Å². The number of halogens is 1.